The topological polar surface area (TPSA) is 60.0 Å². The van der Waals surface area contributed by atoms with Gasteiger partial charge in [-0.25, -0.2) is 4.90 Å². The third-order valence-electron chi connectivity index (χ3n) is 5.34. The number of hydrogen-bond acceptors (Lipinski definition) is 5. The van der Waals surface area contributed by atoms with Crippen molar-refractivity contribution in [1.29, 1.82) is 0 Å². The van der Waals surface area contributed by atoms with E-state index in [2.05, 4.69) is 5.32 Å². The molecule has 1 heterocycles. The van der Waals surface area contributed by atoms with Gasteiger partial charge in [0.1, 0.15) is 29.6 Å². The van der Waals surface area contributed by atoms with Gasteiger partial charge in [-0.2, -0.15) is 0 Å². The van der Waals surface area contributed by atoms with Crippen molar-refractivity contribution in [3.63, 3.8) is 0 Å². The van der Waals surface area contributed by atoms with E-state index in [0.717, 1.165) is 22.4 Å². The van der Waals surface area contributed by atoms with E-state index < -0.39 is 0 Å². The van der Waals surface area contributed by atoms with Crippen LogP contribution in [0.2, 0.25) is 5.02 Å². The van der Waals surface area contributed by atoms with Gasteiger partial charge in [0, 0.05) is 10.6 Å². The lowest BCUT2D eigenvalue weighted by Crippen LogP contribution is -2.30. The van der Waals surface area contributed by atoms with Gasteiger partial charge in [0.25, 0.3) is 5.91 Å². The Morgan fingerprint density at radius 1 is 1.00 bits per heavy atom. The van der Waals surface area contributed by atoms with Crippen LogP contribution in [0.25, 0.3) is 6.08 Å². The molecule has 4 rings (SSSR count). The molecule has 1 saturated heterocycles. The molecule has 0 saturated carbocycles. The lowest BCUT2D eigenvalue weighted by atomic mass is 10.1. The molecule has 0 aromatic heterocycles. The number of thiocarbonyl (C=S) groups is 1. The van der Waals surface area contributed by atoms with E-state index in [9.17, 15) is 4.79 Å². The Labute approximate surface area is 208 Å². The first-order valence-corrected chi connectivity index (χ1v) is 11.3. The van der Waals surface area contributed by atoms with E-state index in [1.165, 1.54) is 4.90 Å². The summed E-state index contributed by atoms with van der Waals surface area (Å²) in [5.74, 6) is 1.72. The van der Waals surface area contributed by atoms with Crippen molar-refractivity contribution >= 4 is 46.6 Å². The predicted molar refractivity (Wildman–Crippen MR) is 138 cm³/mol. The van der Waals surface area contributed by atoms with Gasteiger partial charge < -0.3 is 19.5 Å². The molecule has 0 unspecified atom stereocenters. The van der Waals surface area contributed by atoms with Crippen LogP contribution in [0.5, 0.6) is 17.2 Å². The summed E-state index contributed by atoms with van der Waals surface area (Å²) in [6, 6.07) is 18.3. The lowest BCUT2D eigenvalue weighted by Gasteiger charge is -2.17. The highest BCUT2D eigenvalue weighted by molar-refractivity contribution is 7.80. The maximum Gasteiger partial charge on any atom is 0.281 e. The molecule has 0 spiro atoms. The number of carbonyl (C=O) groups is 1. The lowest BCUT2D eigenvalue weighted by molar-refractivity contribution is -0.113. The van der Waals surface area contributed by atoms with Gasteiger partial charge in [-0.05, 0) is 78.8 Å². The molecular weight excluding hydrogens is 472 g/mol. The van der Waals surface area contributed by atoms with Crippen LogP contribution in [-0.2, 0) is 11.4 Å². The maximum absolute atomic E-state index is 13.2. The molecule has 1 aliphatic rings. The first-order chi connectivity index (χ1) is 16.4. The first kappa shape index (κ1) is 23.6. The van der Waals surface area contributed by atoms with Crippen molar-refractivity contribution in [2.24, 2.45) is 0 Å². The molecule has 1 N–H and O–H groups in total. The van der Waals surface area contributed by atoms with Crippen LogP contribution in [0.1, 0.15) is 16.7 Å². The Morgan fingerprint density at radius 2 is 1.74 bits per heavy atom. The van der Waals surface area contributed by atoms with Gasteiger partial charge in [-0.1, -0.05) is 29.8 Å². The average molecular weight is 495 g/mol. The van der Waals surface area contributed by atoms with Gasteiger partial charge in [-0.15, -0.1) is 0 Å². The SMILES string of the molecule is COc1ccc(/C=C2/NC(=S)N(c3ccccc3OC)C2=O)cc1COc1ccc(Cl)cc1C. The standard InChI is InChI=1S/C26H23ClN2O4S/c1-16-12-19(27)9-11-22(16)33-15-18-13-17(8-10-23(18)31-2)14-20-25(30)29(26(34)28-20)21-6-4-5-7-24(21)32-3/h4-14H,15H2,1-3H3,(H,28,34)/b20-14+. The summed E-state index contributed by atoms with van der Waals surface area (Å²) < 4.78 is 16.9. The smallest absolute Gasteiger partial charge is 0.281 e. The number of nitrogens with one attached hydrogen (secondary N) is 1. The third-order valence-corrected chi connectivity index (χ3v) is 5.86. The third kappa shape index (κ3) is 4.85. The Hall–Kier alpha value is -3.55. The fourth-order valence-corrected chi connectivity index (χ4v) is 4.18. The summed E-state index contributed by atoms with van der Waals surface area (Å²) >= 11 is 11.5. The number of halogens is 1. The maximum atomic E-state index is 13.2. The quantitative estimate of drug-likeness (QED) is 0.345. The highest BCUT2D eigenvalue weighted by Gasteiger charge is 2.33. The molecule has 1 fully saturated rings. The minimum Gasteiger partial charge on any atom is -0.496 e. The van der Waals surface area contributed by atoms with Gasteiger partial charge in [0.05, 0.1) is 19.9 Å². The van der Waals surface area contributed by atoms with Gasteiger partial charge in [-0.3, -0.25) is 4.79 Å². The number of amides is 1. The molecule has 6 nitrogen and oxygen atoms in total. The summed E-state index contributed by atoms with van der Waals surface area (Å²) in [7, 11) is 3.16. The van der Waals surface area contributed by atoms with Crippen molar-refractivity contribution in [3.8, 4) is 17.2 Å². The second-order valence-corrected chi connectivity index (χ2v) is 8.39. The van der Waals surface area contributed by atoms with Crippen molar-refractivity contribution in [3.05, 3.63) is 88.1 Å². The number of carbonyl (C=O) groups excluding carboxylic acids is 1. The number of hydrogen-bond donors (Lipinski definition) is 1. The van der Waals surface area contributed by atoms with Crippen LogP contribution in [0, 0.1) is 6.92 Å². The van der Waals surface area contributed by atoms with Crippen molar-refractivity contribution in [1.82, 2.24) is 5.32 Å². The minimum atomic E-state index is -0.264. The number of benzene rings is 3. The summed E-state index contributed by atoms with van der Waals surface area (Å²) in [6.45, 7) is 2.23. The van der Waals surface area contributed by atoms with Crippen LogP contribution in [0.4, 0.5) is 5.69 Å². The molecule has 3 aromatic carbocycles. The molecule has 174 valence electrons. The van der Waals surface area contributed by atoms with Crippen LogP contribution in [0.3, 0.4) is 0 Å². The Morgan fingerprint density at radius 3 is 2.47 bits per heavy atom. The second kappa shape index (κ2) is 10.2. The van der Waals surface area contributed by atoms with Crippen LogP contribution in [-0.4, -0.2) is 25.2 Å². The zero-order valence-corrected chi connectivity index (χ0v) is 20.5. The Kier molecular flexibility index (Phi) is 7.05. The number of nitrogens with zero attached hydrogens (tertiary/aromatic N) is 1. The fraction of sp³-hybridized carbons (Fsp3) is 0.154. The number of anilines is 1. The molecule has 8 heteroatoms. The molecule has 1 aliphatic heterocycles. The zero-order chi connectivity index (χ0) is 24.2. The van der Waals surface area contributed by atoms with Crippen molar-refractivity contribution in [2.45, 2.75) is 13.5 Å². The number of ether oxygens (including phenoxy) is 3. The van der Waals surface area contributed by atoms with E-state index in [1.54, 1.807) is 38.5 Å². The highest BCUT2D eigenvalue weighted by atomic mass is 35.5. The molecule has 0 atom stereocenters. The Bertz CT molecular complexity index is 1290. The normalized spacial score (nSPS) is 14.4. The zero-order valence-electron chi connectivity index (χ0n) is 18.9. The first-order valence-electron chi connectivity index (χ1n) is 10.5. The van der Waals surface area contributed by atoms with Crippen molar-refractivity contribution in [2.75, 3.05) is 19.1 Å². The predicted octanol–water partition coefficient (Wildman–Crippen LogP) is 5.51. The number of para-hydroxylation sites is 2. The van der Waals surface area contributed by atoms with Gasteiger partial charge in [0.15, 0.2) is 5.11 Å². The van der Waals surface area contributed by atoms with Gasteiger partial charge in [0.2, 0.25) is 0 Å². The van der Waals surface area contributed by atoms with E-state index in [1.807, 2.05) is 49.4 Å². The summed E-state index contributed by atoms with van der Waals surface area (Å²) in [4.78, 5) is 14.6. The van der Waals surface area contributed by atoms with Crippen molar-refractivity contribution < 1.29 is 19.0 Å². The molecule has 34 heavy (non-hydrogen) atoms. The van der Waals surface area contributed by atoms with E-state index in [-0.39, 0.29) is 17.6 Å². The van der Waals surface area contributed by atoms with E-state index in [0.29, 0.717) is 27.9 Å². The van der Waals surface area contributed by atoms with E-state index >= 15 is 0 Å². The number of rotatable bonds is 7. The summed E-state index contributed by atoms with van der Waals surface area (Å²) in [5, 5.41) is 3.95. The average Bonchev–Trinajstić information content (AvgIpc) is 3.11. The molecule has 0 bridgehead atoms. The van der Waals surface area contributed by atoms with Crippen LogP contribution < -0.4 is 24.4 Å². The highest BCUT2D eigenvalue weighted by Crippen LogP contribution is 2.32. The molecular formula is C26H23ClN2O4S. The summed E-state index contributed by atoms with van der Waals surface area (Å²) in [5.41, 5.74) is 3.52. The largest absolute Gasteiger partial charge is 0.496 e. The second-order valence-electron chi connectivity index (χ2n) is 7.57. The monoisotopic (exact) mass is 494 g/mol. The molecule has 0 radical (unpaired) electrons. The minimum absolute atomic E-state index is 0.264. The fourth-order valence-electron chi connectivity index (χ4n) is 3.67. The molecule has 3 aromatic rings. The van der Waals surface area contributed by atoms with Gasteiger partial charge >= 0.3 is 0 Å². The Balaban J connectivity index is 1.59. The summed E-state index contributed by atoms with van der Waals surface area (Å²) in [6.07, 6.45) is 1.75. The molecule has 1 amide bonds. The number of aryl methyl sites for hydroxylation is 1. The number of methoxy groups -OCH3 is 2. The van der Waals surface area contributed by atoms with Crippen LogP contribution >= 0.6 is 23.8 Å². The molecule has 0 aliphatic carbocycles. The van der Waals surface area contributed by atoms with Crippen LogP contribution in [0.15, 0.2) is 66.4 Å². The van der Waals surface area contributed by atoms with E-state index in [4.69, 9.17) is 38.0 Å².